The van der Waals surface area contributed by atoms with E-state index >= 15 is 0 Å². The smallest absolute Gasteiger partial charge is 0.141 e. The fourth-order valence-electron chi connectivity index (χ4n) is 4.50. The summed E-state index contributed by atoms with van der Waals surface area (Å²) in [5.41, 5.74) is 9.62. The third-order valence-electron chi connectivity index (χ3n) is 6.28. The molecular weight excluding hydrogens is 396 g/mol. The zero-order valence-corrected chi connectivity index (χ0v) is 18.8. The molecule has 2 aromatic heterocycles. The maximum atomic E-state index is 10.5. The summed E-state index contributed by atoms with van der Waals surface area (Å²) in [5, 5.41) is 12.5. The molecular formula is C27H26N4O. The van der Waals surface area contributed by atoms with Crippen molar-refractivity contribution in [3.8, 4) is 5.75 Å². The summed E-state index contributed by atoms with van der Waals surface area (Å²) in [6.07, 6.45) is 9.82. The third kappa shape index (κ3) is 3.40. The standard InChI is InChI=1S/C27H26N4O/c1-5-20-15(3)22-11-19-9-10-27(32)26(29-19)14-23-16(4)21(6-2)25(31-23)13-18-8-7-17(28-18)12-24(20)30-22/h7-14,28,32H,5-6H2,1-4H3. The monoisotopic (exact) mass is 422 g/mol. The minimum atomic E-state index is 0.138. The molecule has 160 valence electrons. The molecule has 0 fully saturated rings. The number of pyridine rings is 1. The van der Waals surface area contributed by atoms with Crippen LogP contribution in [0.25, 0.3) is 24.3 Å². The second-order valence-electron chi connectivity index (χ2n) is 8.27. The van der Waals surface area contributed by atoms with E-state index in [0.29, 0.717) is 5.69 Å². The van der Waals surface area contributed by atoms with Gasteiger partial charge >= 0.3 is 0 Å². The minimum Gasteiger partial charge on any atom is -0.506 e. The molecule has 0 spiro atoms. The number of aromatic nitrogens is 2. The van der Waals surface area contributed by atoms with E-state index in [4.69, 9.17) is 15.0 Å². The average Bonchev–Trinajstić information content (AvgIpc) is 3.41. The number of aromatic hydroxyl groups is 1. The average molecular weight is 423 g/mol. The minimum absolute atomic E-state index is 0.138. The number of fused-ring (bicyclic) bond motifs is 6. The molecule has 0 amide bonds. The molecule has 2 aromatic rings. The molecule has 8 bridgehead atoms. The SMILES string of the molecule is CCC1=C(C)C2=Cc3ccc(O)c(n3)C=C3N=C(C=c4ccc([nH]4)=CC1=N2)C(CC)=C3C. The molecule has 0 aromatic carbocycles. The van der Waals surface area contributed by atoms with Gasteiger partial charge in [-0.25, -0.2) is 15.0 Å². The van der Waals surface area contributed by atoms with Crippen LogP contribution >= 0.6 is 0 Å². The Balaban J connectivity index is 1.81. The first-order valence-electron chi connectivity index (χ1n) is 11.1. The molecule has 32 heavy (non-hydrogen) atoms. The summed E-state index contributed by atoms with van der Waals surface area (Å²) in [7, 11) is 0. The number of nitrogens with zero attached hydrogens (tertiary/aromatic N) is 3. The highest BCUT2D eigenvalue weighted by molar-refractivity contribution is 6.24. The van der Waals surface area contributed by atoms with Crippen molar-refractivity contribution in [1.29, 1.82) is 0 Å². The lowest BCUT2D eigenvalue weighted by atomic mass is 10.0. The highest BCUT2D eigenvalue weighted by atomic mass is 16.3. The van der Waals surface area contributed by atoms with Gasteiger partial charge in [0, 0.05) is 10.7 Å². The molecule has 3 aliphatic rings. The largest absolute Gasteiger partial charge is 0.506 e. The van der Waals surface area contributed by atoms with Crippen LogP contribution in [0.15, 0.2) is 67.9 Å². The second-order valence-corrected chi connectivity index (χ2v) is 8.27. The van der Waals surface area contributed by atoms with Crippen molar-refractivity contribution in [2.45, 2.75) is 40.5 Å². The molecule has 2 N–H and O–H groups in total. The number of hydrogen-bond acceptors (Lipinski definition) is 4. The Morgan fingerprint density at radius 2 is 1.31 bits per heavy atom. The van der Waals surface area contributed by atoms with E-state index in [2.05, 4.69) is 57.0 Å². The second kappa shape index (κ2) is 7.75. The van der Waals surface area contributed by atoms with Gasteiger partial charge in [0.15, 0.2) is 0 Å². The van der Waals surface area contributed by atoms with Crippen molar-refractivity contribution < 1.29 is 5.11 Å². The Hall–Kier alpha value is -3.73. The van der Waals surface area contributed by atoms with Crippen molar-refractivity contribution in [2.24, 2.45) is 9.98 Å². The van der Waals surface area contributed by atoms with Crippen molar-refractivity contribution in [3.05, 3.63) is 80.0 Å². The first kappa shape index (κ1) is 20.2. The molecule has 5 nitrogen and oxygen atoms in total. The fraction of sp³-hybridized carbons (Fsp3) is 0.222. The van der Waals surface area contributed by atoms with E-state index in [1.54, 1.807) is 6.07 Å². The van der Waals surface area contributed by atoms with Gasteiger partial charge in [0.05, 0.1) is 28.5 Å². The summed E-state index contributed by atoms with van der Waals surface area (Å²) >= 11 is 0. The molecule has 0 atom stereocenters. The van der Waals surface area contributed by atoms with Crippen molar-refractivity contribution in [2.75, 3.05) is 0 Å². The van der Waals surface area contributed by atoms with Crippen LogP contribution in [0.3, 0.4) is 0 Å². The summed E-state index contributed by atoms with van der Waals surface area (Å²) in [4.78, 5) is 18.0. The molecule has 3 aliphatic heterocycles. The lowest BCUT2D eigenvalue weighted by Crippen LogP contribution is -2.13. The van der Waals surface area contributed by atoms with Gasteiger partial charge < -0.3 is 10.1 Å². The molecule has 5 heterocycles. The maximum absolute atomic E-state index is 10.5. The fourth-order valence-corrected chi connectivity index (χ4v) is 4.50. The zero-order chi connectivity index (χ0) is 22.4. The number of aliphatic imine (C=N–C) groups is 2. The van der Waals surface area contributed by atoms with E-state index in [-0.39, 0.29) is 5.75 Å². The Morgan fingerprint density at radius 1 is 0.750 bits per heavy atom. The molecule has 0 saturated heterocycles. The highest BCUT2D eigenvalue weighted by Crippen LogP contribution is 2.32. The first-order chi connectivity index (χ1) is 15.5. The van der Waals surface area contributed by atoms with Crippen LogP contribution in [0, 0.1) is 0 Å². The van der Waals surface area contributed by atoms with Crippen LogP contribution in [0.5, 0.6) is 5.75 Å². The molecule has 5 rings (SSSR count). The summed E-state index contributed by atoms with van der Waals surface area (Å²) in [6.45, 7) is 8.48. The van der Waals surface area contributed by atoms with Crippen LogP contribution in [0.4, 0.5) is 0 Å². The lowest BCUT2D eigenvalue weighted by Gasteiger charge is -2.04. The summed E-state index contributed by atoms with van der Waals surface area (Å²) < 4.78 is 0. The zero-order valence-electron chi connectivity index (χ0n) is 18.8. The Bertz CT molecular complexity index is 1460. The Kier molecular flexibility index (Phi) is 4.89. The molecule has 5 heteroatoms. The van der Waals surface area contributed by atoms with Gasteiger partial charge in [-0.2, -0.15) is 0 Å². The molecule has 0 unspecified atom stereocenters. The molecule has 0 aliphatic carbocycles. The number of H-pyrrole nitrogens is 1. The van der Waals surface area contributed by atoms with Crippen molar-refractivity contribution >= 4 is 35.7 Å². The van der Waals surface area contributed by atoms with Crippen molar-refractivity contribution in [1.82, 2.24) is 9.97 Å². The molecule has 0 radical (unpaired) electrons. The van der Waals surface area contributed by atoms with E-state index in [0.717, 1.165) is 63.2 Å². The molecule has 0 saturated carbocycles. The summed E-state index contributed by atoms with van der Waals surface area (Å²) in [6, 6.07) is 7.65. The predicted molar refractivity (Wildman–Crippen MR) is 132 cm³/mol. The van der Waals surface area contributed by atoms with E-state index in [1.807, 2.05) is 18.2 Å². The Labute approximate surface area is 187 Å². The van der Waals surface area contributed by atoms with Crippen LogP contribution in [0.1, 0.15) is 51.9 Å². The number of hydrogen-bond donors (Lipinski definition) is 2. The van der Waals surface area contributed by atoms with Crippen LogP contribution in [-0.2, 0) is 0 Å². The third-order valence-corrected chi connectivity index (χ3v) is 6.28. The van der Waals surface area contributed by atoms with Crippen LogP contribution < -0.4 is 10.7 Å². The highest BCUT2D eigenvalue weighted by Gasteiger charge is 2.20. The number of allylic oxidation sites excluding steroid dienone is 4. The number of aromatic amines is 1. The van der Waals surface area contributed by atoms with Gasteiger partial charge in [0.1, 0.15) is 11.4 Å². The maximum Gasteiger partial charge on any atom is 0.141 e. The summed E-state index contributed by atoms with van der Waals surface area (Å²) in [5.74, 6) is 0.138. The normalized spacial score (nSPS) is 17.5. The van der Waals surface area contributed by atoms with Gasteiger partial charge in [0.2, 0.25) is 0 Å². The lowest BCUT2D eigenvalue weighted by molar-refractivity contribution is 0.471. The first-order valence-corrected chi connectivity index (χ1v) is 11.1. The Morgan fingerprint density at radius 3 is 1.88 bits per heavy atom. The van der Waals surface area contributed by atoms with Crippen molar-refractivity contribution in [3.63, 3.8) is 0 Å². The topological polar surface area (TPSA) is 73.6 Å². The van der Waals surface area contributed by atoms with Gasteiger partial charge in [0.25, 0.3) is 0 Å². The van der Waals surface area contributed by atoms with E-state index in [1.165, 1.54) is 11.1 Å². The van der Waals surface area contributed by atoms with Gasteiger partial charge in [-0.1, -0.05) is 13.8 Å². The van der Waals surface area contributed by atoms with Gasteiger partial charge in [-0.05, 0) is 97.6 Å². The number of rotatable bonds is 2. The van der Waals surface area contributed by atoms with E-state index < -0.39 is 0 Å². The predicted octanol–water partition coefficient (Wildman–Crippen LogP) is 4.43. The van der Waals surface area contributed by atoms with Crippen LogP contribution in [-0.4, -0.2) is 26.5 Å². The number of nitrogens with one attached hydrogen (secondary N) is 1. The van der Waals surface area contributed by atoms with E-state index in [9.17, 15) is 5.11 Å². The van der Waals surface area contributed by atoms with Gasteiger partial charge in [-0.3, -0.25) is 0 Å². The quantitative estimate of drug-likeness (QED) is 0.751. The van der Waals surface area contributed by atoms with Gasteiger partial charge in [-0.15, -0.1) is 0 Å². The van der Waals surface area contributed by atoms with Crippen LogP contribution in [0.2, 0.25) is 0 Å².